The number of ether oxygens (including phenoxy) is 2. The zero-order chi connectivity index (χ0) is 27.4. The molecule has 39 heavy (non-hydrogen) atoms. The van der Waals surface area contributed by atoms with Gasteiger partial charge in [-0.1, -0.05) is 24.3 Å². The zero-order valence-electron chi connectivity index (χ0n) is 21.1. The quantitative estimate of drug-likeness (QED) is 0.436. The predicted molar refractivity (Wildman–Crippen MR) is 141 cm³/mol. The van der Waals surface area contributed by atoms with Gasteiger partial charge in [-0.15, -0.1) is 0 Å². The lowest BCUT2D eigenvalue weighted by Gasteiger charge is -2.25. The summed E-state index contributed by atoms with van der Waals surface area (Å²) in [6.07, 6.45) is 1.42. The van der Waals surface area contributed by atoms with E-state index in [1.165, 1.54) is 30.3 Å². The Balaban J connectivity index is 1.32. The van der Waals surface area contributed by atoms with Crippen LogP contribution in [0.15, 0.2) is 71.6 Å². The molecule has 0 unspecified atom stereocenters. The number of hydrogen-bond donors (Lipinski definition) is 1. The van der Waals surface area contributed by atoms with E-state index in [1.807, 2.05) is 24.3 Å². The second-order valence-electron chi connectivity index (χ2n) is 9.31. The highest BCUT2D eigenvalue weighted by molar-refractivity contribution is 7.92. The van der Waals surface area contributed by atoms with Crippen molar-refractivity contribution >= 4 is 27.5 Å². The van der Waals surface area contributed by atoms with E-state index < -0.39 is 28.3 Å². The van der Waals surface area contributed by atoms with Gasteiger partial charge in [-0.2, -0.15) is 0 Å². The minimum Gasteiger partial charge on any atom is -0.486 e. The molecule has 1 saturated heterocycles. The molecule has 2 heterocycles. The predicted octanol–water partition coefficient (Wildman–Crippen LogP) is 3.23. The van der Waals surface area contributed by atoms with Gasteiger partial charge in [0.2, 0.25) is 11.8 Å². The lowest BCUT2D eigenvalue weighted by atomic mass is 10.1. The number of carbonyl (C=O) groups excluding carboxylic acids is 2. The Labute approximate surface area is 226 Å². The smallest absolute Gasteiger partial charge is 0.264 e. The van der Waals surface area contributed by atoms with Crippen LogP contribution < -0.4 is 19.1 Å². The summed E-state index contributed by atoms with van der Waals surface area (Å²) >= 11 is 0. The van der Waals surface area contributed by atoms with Crippen molar-refractivity contribution in [2.24, 2.45) is 0 Å². The molecule has 3 aromatic rings. The number of halogens is 1. The molecule has 1 fully saturated rings. The van der Waals surface area contributed by atoms with Gasteiger partial charge in [0.1, 0.15) is 25.6 Å². The van der Waals surface area contributed by atoms with Gasteiger partial charge in [0.05, 0.1) is 10.6 Å². The number of likely N-dealkylation sites (tertiary alicyclic amines) is 1. The van der Waals surface area contributed by atoms with Gasteiger partial charge < -0.3 is 19.7 Å². The number of nitrogens with one attached hydrogen (secondary N) is 1. The number of sulfonamides is 1. The molecule has 204 valence electrons. The number of rotatable bonds is 9. The number of fused-ring (bicyclic) bond motifs is 1. The lowest BCUT2D eigenvalue weighted by molar-refractivity contribution is -0.128. The first-order chi connectivity index (χ1) is 18.8. The molecule has 2 aliphatic rings. The van der Waals surface area contributed by atoms with Crippen LogP contribution in [0.25, 0.3) is 0 Å². The van der Waals surface area contributed by atoms with Crippen molar-refractivity contribution in [3.05, 3.63) is 83.7 Å². The fraction of sp³-hybridized carbons (Fsp3) is 0.286. The molecule has 0 spiro atoms. The van der Waals surface area contributed by atoms with Crippen molar-refractivity contribution in [1.29, 1.82) is 0 Å². The molecule has 0 saturated carbocycles. The number of amides is 2. The zero-order valence-corrected chi connectivity index (χ0v) is 22.0. The van der Waals surface area contributed by atoms with Crippen molar-refractivity contribution in [2.45, 2.75) is 30.8 Å². The largest absolute Gasteiger partial charge is 0.486 e. The van der Waals surface area contributed by atoms with Crippen LogP contribution in [0.1, 0.15) is 24.0 Å². The molecular formula is C28H28FN3O6S. The first-order valence-corrected chi connectivity index (χ1v) is 14.0. The van der Waals surface area contributed by atoms with Crippen LogP contribution in [0, 0.1) is 5.82 Å². The number of carbonyl (C=O) groups is 2. The number of anilines is 1. The normalized spacial score (nSPS) is 14.8. The van der Waals surface area contributed by atoms with Crippen LogP contribution >= 0.6 is 0 Å². The van der Waals surface area contributed by atoms with Gasteiger partial charge >= 0.3 is 0 Å². The molecule has 1 N–H and O–H groups in total. The molecule has 0 radical (unpaired) electrons. The van der Waals surface area contributed by atoms with E-state index in [-0.39, 0.29) is 29.6 Å². The van der Waals surface area contributed by atoms with Crippen LogP contribution in [0.5, 0.6) is 11.5 Å². The van der Waals surface area contributed by atoms with Gasteiger partial charge in [-0.05, 0) is 53.9 Å². The maximum absolute atomic E-state index is 13.7. The van der Waals surface area contributed by atoms with Gasteiger partial charge in [-0.3, -0.25) is 13.9 Å². The molecule has 2 aliphatic heterocycles. The van der Waals surface area contributed by atoms with Crippen molar-refractivity contribution in [1.82, 2.24) is 10.2 Å². The Morgan fingerprint density at radius 1 is 0.974 bits per heavy atom. The molecular weight excluding hydrogens is 525 g/mol. The third-order valence-corrected chi connectivity index (χ3v) is 8.30. The minimum atomic E-state index is -4.23. The number of benzene rings is 3. The van der Waals surface area contributed by atoms with E-state index in [2.05, 4.69) is 5.32 Å². The van der Waals surface area contributed by atoms with Gasteiger partial charge in [0.25, 0.3) is 10.0 Å². The fourth-order valence-electron chi connectivity index (χ4n) is 4.55. The van der Waals surface area contributed by atoms with E-state index in [0.717, 1.165) is 40.5 Å². The van der Waals surface area contributed by atoms with Crippen LogP contribution in [-0.2, 0) is 32.7 Å². The second kappa shape index (κ2) is 11.3. The summed E-state index contributed by atoms with van der Waals surface area (Å²) < 4.78 is 52.9. The fourth-order valence-corrected chi connectivity index (χ4v) is 5.99. The highest BCUT2D eigenvalue weighted by Crippen LogP contribution is 2.34. The molecule has 9 nitrogen and oxygen atoms in total. The average molecular weight is 554 g/mol. The minimum absolute atomic E-state index is 0.0898. The van der Waals surface area contributed by atoms with Crippen molar-refractivity contribution < 1.29 is 31.9 Å². The molecule has 0 aliphatic carbocycles. The summed E-state index contributed by atoms with van der Waals surface area (Å²) in [7, 11) is -4.23. The van der Waals surface area contributed by atoms with Crippen molar-refractivity contribution in [3.63, 3.8) is 0 Å². The third kappa shape index (κ3) is 6.14. The standard InChI is InChI=1S/C28H28FN3O6S/c29-22-6-8-23(9-7-22)32(39(35,36)24-10-11-25-26(16-24)38-14-13-37-25)19-27(33)30-17-20-3-1-4-21(15-20)18-31-12-2-5-28(31)34/h1,3-4,6-11,15-16H,2,5,12-14,17-19H2,(H,30,33). The van der Waals surface area contributed by atoms with Crippen LogP contribution in [-0.4, -0.2) is 51.4 Å². The highest BCUT2D eigenvalue weighted by atomic mass is 32.2. The van der Waals surface area contributed by atoms with Gasteiger partial charge in [0.15, 0.2) is 11.5 Å². The van der Waals surface area contributed by atoms with Crippen LogP contribution in [0.4, 0.5) is 10.1 Å². The van der Waals surface area contributed by atoms with Crippen LogP contribution in [0.3, 0.4) is 0 Å². The molecule has 5 rings (SSSR count). The molecule has 2 amide bonds. The van der Waals surface area contributed by atoms with E-state index in [4.69, 9.17) is 9.47 Å². The van der Waals surface area contributed by atoms with Crippen molar-refractivity contribution in [2.75, 3.05) is 30.6 Å². The van der Waals surface area contributed by atoms with E-state index in [9.17, 15) is 22.4 Å². The van der Waals surface area contributed by atoms with Crippen molar-refractivity contribution in [3.8, 4) is 11.5 Å². The Morgan fingerprint density at radius 3 is 2.46 bits per heavy atom. The third-order valence-electron chi connectivity index (χ3n) is 6.53. The SMILES string of the molecule is O=C(CN(c1ccc(F)cc1)S(=O)(=O)c1ccc2c(c1)OCCO2)NCc1cccc(CN2CCCC2=O)c1. The summed E-state index contributed by atoms with van der Waals surface area (Å²) in [6.45, 7) is 1.53. The Hall–Kier alpha value is -4.12. The van der Waals surface area contributed by atoms with E-state index >= 15 is 0 Å². The van der Waals surface area contributed by atoms with Gasteiger partial charge in [-0.25, -0.2) is 12.8 Å². The summed E-state index contributed by atoms with van der Waals surface area (Å²) in [5, 5.41) is 2.77. The molecule has 0 bridgehead atoms. The maximum atomic E-state index is 13.7. The van der Waals surface area contributed by atoms with Crippen LogP contribution in [0.2, 0.25) is 0 Å². The lowest BCUT2D eigenvalue weighted by Crippen LogP contribution is -2.40. The highest BCUT2D eigenvalue weighted by Gasteiger charge is 2.29. The summed E-state index contributed by atoms with van der Waals surface area (Å²) in [5.74, 6) is -0.214. The summed E-state index contributed by atoms with van der Waals surface area (Å²) in [5.41, 5.74) is 1.90. The monoisotopic (exact) mass is 553 g/mol. The molecule has 11 heteroatoms. The number of hydrogen-bond acceptors (Lipinski definition) is 6. The van der Waals surface area contributed by atoms with Gasteiger partial charge in [0, 0.05) is 32.1 Å². The average Bonchev–Trinajstić information content (AvgIpc) is 3.35. The maximum Gasteiger partial charge on any atom is 0.264 e. The summed E-state index contributed by atoms with van der Waals surface area (Å²) in [4.78, 5) is 26.7. The molecule has 0 aromatic heterocycles. The topological polar surface area (TPSA) is 105 Å². The first-order valence-electron chi connectivity index (χ1n) is 12.6. The van der Waals surface area contributed by atoms with E-state index in [0.29, 0.717) is 31.1 Å². The Morgan fingerprint density at radius 2 is 1.72 bits per heavy atom. The summed E-state index contributed by atoms with van der Waals surface area (Å²) in [6, 6.07) is 16.7. The second-order valence-corrected chi connectivity index (χ2v) is 11.2. The molecule has 0 atom stereocenters. The Kier molecular flexibility index (Phi) is 7.69. The Bertz CT molecular complexity index is 1480. The first kappa shape index (κ1) is 26.5. The number of nitrogens with zero attached hydrogens (tertiary/aromatic N) is 2. The van der Waals surface area contributed by atoms with E-state index in [1.54, 1.807) is 4.90 Å². The molecule has 3 aromatic carbocycles.